The largest absolute Gasteiger partial charge is 0.381 e. The van der Waals surface area contributed by atoms with Crippen LogP contribution >= 0.6 is 15.9 Å². The van der Waals surface area contributed by atoms with Gasteiger partial charge in [0.2, 0.25) is 5.82 Å². The van der Waals surface area contributed by atoms with E-state index in [2.05, 4.69) is 40.1 Å². The number of nitrogens with one attached hydrogen (secondary N) is 1. The number of halogens is 1. The first kappa shape index (κ1) is 15.8. The molecule has 0 fully saturated rings. The van der Waals surface area contributed by atoms with Crippen LogP contribution in [0.25, 0.3) is 0 Å². The Kier molecular flexibility index (Phi) is 6.72. The third kappa shape index (κ3) is 5.98. The van der Waals surface area contributed by atoms with Gasteiger partial charge in [0, 0.05) is 36.5 Å². The van der Waals surface area contributed by atoms with Gasteiger partial charge in [-0.05, 0) is 28.3 Å². The molecule has 19 heavy (non-hydrogen) atoms. The van der Waals surface area contributed by atoms with E-state index >= 15 is 0 Å². The molecule has 0 spiro atoms. The molecule has 6 nitrogen and oxygen atoms in total. The van der Waals surface area contributed by atoms with Gasteiger partial charge in [-0.25, -0.2) is 4.98 Å². The topological polar surface area (TPSA) is 77.3 Å². The molecule has 0 unspecified atom stereocenters. The molecule has 0 saturated heterocycles. The van der Waals surface area contributed by atoms with E-state index in [0.717, 1.165) is 13.0 Å². The number of hydrogen-bond donors (Lipinski definition) is 1. The van der Waals surface area contributed by atoms with E-state index in [1.165, 1.54) is 12.3 Å². The first-order valence-corrected chi connectivity index (χ1v) is 6.91. The predicted molar refractivity (Wildman–Crippen MR) is 77.4 cm³/mol. The van der Waals surface area contributed by atoms with Crippen molar-refractivity contribution < 1.29 is 9.66 Å². The molecular weight excluding hydrogens is 314 g/mol. The van der Waals surface area contributed by atoms with Crippen LogP contribution < -0.4 is 5.32 Å². The zero-order valence-electron chi connectivity index (χ0n) is 11.1. The van der Waals surface area contributed by atoms with Gasteiger partial charge in [0.1, 0.15) is 0 Å². The molecule has 1 rings (SSSR count). The quantitative estimate of drug-likeness (QED) is 0.449. The summed E-state index contributed by atoms with van der Waals surface area (Å²) in [7, 11) is 0. The number of ether oxygens (including phenoxy) is 1. The molecule has 0 amide bonds. The molecule has 0 atom stereocenters. The Labute approximate surface area is 120 Å². The van der Waals surface area contributed by atoms with Crippen LogP contribution in [0.2, 0.25) is 0 Å². The molecule has 7 heteroatoms. The second-order valence-electron chi connectivity index (χ2n) is 4.53. The molecule has 1 aromatic heterocycles. The molecule has 0 bridgehead atoms. The van der Waals surface area contributed by atoms with E-state index in [9.17, 15) is 10.1 Å². The van der Waals surface area contributed by atoms with Crippen molar-refractivity contribution in [2.45, 2.75) is 20.3 Å². The van der Waals surface area contributed by atoms with Crippen molar-refractivity contribution in [2.24, 2.45) is 5.92 Å². The van der Waals surface area contributed by atoms with Crippen LogP contribution in [-0.4, -0.2) is 29.7 Å². The van der Waals surface area contributed by atoms with Crippen molar-refractivity contribution >= 4 is 27.4 Å². The lowest BCUT2D eigenvalue weighted by Gasteiger charge is -2.08. The highest BCUT2D eigenvalue weighted by Gasteiger charge is 2.15. The fourth-order valence-corrected chi connectivity index (χ4v) is 1.72. The van der Waals surface area contributed by atoms with E-state index in [-0.39, 0.29) is 11.5 Å². The monoisotopic (exact) mass is 331 g/mol. The minimum absolute atomic E-state index is 0.0301. The van der Waals surface area contributed by atoms with Gasteiger partial charge < -0.3 is 10.1 Å². The Morgan fingerprint density at radius 2 is 2.32 bits per heavy atom. The maximum Gasteiger partial charge on any atom is 0.312 e. The van der Waals surface area contributed by atoms with Gasteiger partial charge >= 0.3 is 5.69 Å². The number of hydrogen-bond acceptors (Lipinski definition) is 5. The third-order valence-electron chi connectivity index (χ3n) is 2.24. The maximum atomic E-state index is 10.9. The molecule has 0 aliphatic heterocycles. The molecule has 106 valence electrons. The van der Waals surface area contributed by atoms with Crippen molar-refractivity contribution in [3.8, 4) is 0 Å². The minimum Gasteiger partial charge on any atom is -0.381 e. The summed E-state index contributed by atoms with van der Waals surface area (Å²) in [6.07, 6.45) is 2.31. The van der Waals surface area contributed by atoms with Crippen LogP contribution in [0.4, 0.5) is 11.5 Å². The lowest BCUT2D eigenvalue weighted by Crippen LogP contribution is -2.10. The number of nitro groups is 1. The predicted octanol–water partition coefficient (Wildman–Crippen LogP) is 3.23. The summed E-state index contributed by atoms with van der Waals surface area (Å²) in [5, 5.41) is 13.8. The normalized spacial score (nSPS) is 10.7. The Morgan fingerprint density at radius 3 is 2.95 bits per heavy atom. The van der Waals surface area contributed by atoms with Crippen molar-refractivity contribution in [1.29, 1.82) is 0 Å². The first-order valence-electron chi connectivity index (χ1n) is 6.12. The van der Waals surface area contributed by atoms with Crippen molar-refractivity contribution in [2.75, 3.05) is 25.1 Å². The Morgan fingerprint density at radius 1 is 1.58 bits per heavy atom. The maximum absolute atomic E-state index is 10.9. The van der Waals surface area contributed by atoms with E-state index in [1.807, 2.05) is 0 Å². The van der Waals surface area contributed by atoms with Crippen LogP contribution in [0.1, 0.15) is 20.3 Å². The Balaban J connectivity index is 2.39. The smallest absolute Gasteiger partial charge is 0.312 e. The van der Waals surface area contributed by atoms with Crippen molar-refractivity contribution in [1.82, 2.24) is 4.98 Å². The lowest BCUT2D eigenvalue weighted by atomic mass is 10.2. The van der Waals surface area contributed by atoms with Crippen molar-refractivity contribution in [3.05, 3.63) is 26.9 Å². The number of pyridine rings is 1. The Bertz CT molecular complexity index is 427. The zero-order valence-corrected chi connectivity index (χ0v) is 12.6. The van der Waals surface area contributed by atoms with Gasteiger partial charge in [0.15, 0.2) is 0 Å². The molecule has 0 radical (unpaired) electrons. The van der Waals surface area contributed by atoms with Crippen molar-refractivity contribution in [3.63, 3.8) is 0 Å². The summed E-state index contributed by atoms with van der Waals surface area (Å²) < 4.78 is 6.02. The molecule has 0 aliphatic rings. The van der Waals surface area contributed by atoms with Gasteiger partial charge in [-0.15, -0.1) is 0 Å². The number of nitrogens with zero attached hydrogens (tertiary/aromatic N) is 2. The highest BCUT2D eigenvalue weighted by atomic mass is 79.9. The van der Waals surface area contributed by atoms with E-state index in [4.69, 9.17) is 4.74 Å². The van der Waals surface area contributed by atoms with Gasteiger partial charge in [0.05, 0.1) is 4.92 Å². The van der Waals surface area contributed by atoms with E-state index in [1.54, 1.807) is 0 Å². The SMILES string of the molecule is CC(C)COCCCNc1ncc(Br)cc1[N+](=O)[O-]. The molecule has 1 N–H and O–H groups in total. The summed E-state index contributed by atoms with van der Waals surface area (Å²) in [4.78, 5) is 14.4. The summed E-state index contributed by atoms with van der Waals surface area (Å²) >= 11 is 3.17. The highest BCUT2D eigenvalue weighted by Crippen LogP contribution is 2.25. The van der Waals surface area contributed by atoms with Gasteiger partial charge in [-0.3, -0.25) is 10.1 Å². The van der Waals surface area contributed by atoms with Crippen LogP contribution in [-0.2, 0) is 4.74 Å². The minimum atomic E-state index is -0.449. The first-order chi connectivity index (χ1) is 9.00. The molecule has 1 aromatic rings. The van der Waals surface area contributed by atoms with Crippen LogP contribution in [0.3, 0.4) is 0 Å². The van der Waals surface area contributed by atoms with Crippen LogP contribution in [0, 0.1) is 16.0 Å². The average Bonchev–Trinajstić information content (AvgIpc) is 2.34. The molecular formula is C12H18BrN3O3. The number of aromatic nitrogens is 1. The summed E-state index contributed by atoms with van der Waals surface area (Å²) in [5.74, 6) is 0.805. The van der Waals surface area contributed by atoms with Gasteiger partial charge in [0.25, 0.3) is 0 Å². The van der Waals surface area contributed by atoms with Gasteiger partial charge in [-0.2, -0.15) is 0 Å². The Hall–Kier alpha value is -1.21. The lowest BCUT2D eigenvalue weighted by molar-refractivity contribution is -0.384. The summed E-state index contributed by atoms with van der Waals surface area (Å²) in [6, 6.07) is 1.44. The van der Waals surface area contributed by atoms with Crippen LogP contribution in [0.15, 0.2) is 16.7 Å². The highest BCUT2D eigenvalue weighted by molar-refractivity contribution is 9.10. The third-order valence-corrected chi connectivity index (χ3v) is 2.67. The molecule has 0 aliphatic carbocycles. The second-order valence-corrected chi connectivity index (χ2v) is 5.44. The summed E-state index contributed by atoms with van der Waals surface area (Å²) in [5.41, 5.74) is -0.0301. The molecule has 0 saturated carbocycles. The number of rotatable bonds is 8. The van der Waals surface area contributed by atoms with Crippen LogP contribution in [0.5, 0.6) is 0 Å². The average molecular weight is 332 g/mol. The second kappa shape index (κ2) is 8.06. The fraction of sp³-hybridized carbons (Fsp3) is 0.583. The number of anilines is 1. The summed E-state index contributed by atoms with van der Waals surface area (Å²) in [6.45, 7) is 6.14. The fourth-order valence-electron chi connectivity index (χ4n) is 1.40. The van der Waals surface area contributed by atoms with Gasteiger partial charge in [-0.1, -0.05) is 13.8 Å². The zero-order chi connectivity index (χ0) is 14.3. The standard InChI is InChI=1S/C12H18BrN3O3/c1-9(2)8-19-5-3-4-14-12-11(16(17)18)6-10(13)7-15-12/h6-7,9H,3-5,8H2,1-2H3,(H,14,15). The van der Waals surface area contributed by atoms with E-state index < -0.39 is 4.92 Å². The molecule has 1 heterocycles. The molecule has 0 aromatic carbocycles. The van der Waals surface area contributed by atoms with E-state index in [0.29, 0.717) is 23.5 Å².